The zero-order valence-electron chi connectivity index (χ0n) is 15.7. The Hall–Kier alpha value is -3.55. The number of nitrogens with one attached hydrogen (secondary N) is 1. The third kappa shape index (κ3) is 3.62. The van der Waals surface area contributed by atoms with E-state index in [0.717, 1.165) is 0 Å². The molecule has 1 unspecified atom stereocenters. The first-order chi connectivity index (χ1) is 13.5. The van der Waals surface area contributed by atoms with Gasteiger partial charge in [-0.05, 0) is 44.2 Å². The van der Waals surface area contributed by atoms with Crippen LogP contribution in [0.4, 0.5) is 5.69 Å². The van der Waals surface area contributed by atoms with Crippen LogP contribution in [0.1, 0.15) is 30.2 Å². The molecule has 1 aromatic heterocycles. The van der Waals surface area contributed by atoms with Crippen LogP contribution in [-0.4, -0.2) is 30.2 Å². The summed E-state index contributed by atoms with van der Waals surface area (Å²) in [5.74, 6) is -1.11. The summed E-state index contributed by atoms with van der Waals surface area (Å²) in [5, 5.41) is 2.77. The molecule has 3 rings (SSSR count). The smallest absolute Gasteiger partial charge is 0.420 e. The van der Waals surface area contributed by atoms with Crippen LogP contribution in [0.5, 0.6) is 5.75 Å². The molecule has 0 radical (unpaired) electrons. The number of aromatic nitrogens is 1. The summed E-state index contributed by atoms with van der Waals surface area (Å²) in [4.78, 5) is 36.7. The zero-order chi connectivity index (χ0) is 20.3. The first-order valence-corrected chi connectivity index (χ1v) is 8.72. The Labute approximate surface area is 160 Å². The summed E-state index contributed by atoms with van der Waals surface area (Å²) < 4.78 is 16.6. The van der Waals surface area contributed by atoms with Gasteiger partial charge in [0.1, 0.15) is 11.8 Å². The highest BCUT2D eigenvalue weighted by Crippen LogP contribution is 2.25. The Morgan fingerprint density at radius 2 is 1.96 bits per heavy atom. The number of hydrogen-bond acceptors (Lipinski definition) is 6. The first-order valence-electron chi connectivity index (χ1n) is 8.72. The molecule has 1 amide bonds. The molecule has 0 saturated carbocycles. The van der Waals surface area contributed by atoms with Crippen molar-refractivity contribution in [1.29, 1.82) is 0 Å². The largest absolute Gasteiger partial charge is 0.492 e. The molecule has 0 aliphatic carbocycles. The number of amides is 1. The molecule has 0 saturated heterocycles. The van der Waals surface area contributed by atoms with Crippen molar-refractivity contribution < 1.29 is 23.5 Å². The van der Waals surface area contributed by atoms with E-state index in [0.29, 0.717) is 23.6 Å². The van der Waals surface area contributed by atoms with Crippen LogP contribution in [0.15, 0.2) is 51.7 Å². The number of esters is 1. The van der Waals surface area contributed by atoms with E-state index in [2.05, 4.69) is 10.1 Å². The van der Waals surface area contributed by atoms with Gasteiger partial charge in [0.25, 0.3) is 0 Å². The van der Waals surface area contributed by atoms with Crippen molar-refractivity contribution in [2.24, 2.45) is 0 Å². The van der Waals surface area contributed by atoms with Crippen molar-refractivity contribution in [3.8, 4) is 5.75 Å². The number of oxazole rings is 1. The van der Waals surface area contributed by atoms with Gasteiger partial charge < -0.3 is 19.2 Å². The molecule has 3 aromatic rings. The minimum Gasteiger partial charge on any atom is -0.492 e. The number of benzene rings is 2. The summed E-state index contributed by atoms with van der Waals surface area (Å²) in [6.45, 7) is 3.89. The number of hydrogen-bond donors (Lipinski definition) is 1. The van der Waals surface area contributed by atoms with Gasteiger partial charge in [-0.2, -0.15) is 0 Å². The third-order valence-corrected chi connectivity index (χ3v) is 4.25. The van der Waals surface area contributed by atoms with E-state index in [1.54, 1.807) is 37.3 Å². The molecule has 28 heavy (non-hydrogen) atoms. The fraction of sp³-hybridized carbons (Fsp3) is 0.250. The number of carbonyl (C=O) groups excluding carboxylic acids is 2. The zero-order valence-corrected chi connectivity index (χ0v) is 15.7. The second-order valence-electron chi connectivity index (χ2n) is 6.01. The first kappa shape index (κ1) is 19.2. The van der Waals surface area contributed by atoms with E-state index in [-0.39, 0.29) is 11.1 Å². The molecular formula is C20H20N2O6. The molecule has 1 atom stereocenters. The number of anilines is 1. The topological polar surface area (TPSA) is 99.8 Å². The van der Waals surface area contributed by atoms with Gasteiger partial charge in [-0.25, -0.2) is 9.59 Å². The number of carbonyl (C=O) groups is 2. The minimum absolute atomic E-state index is 0.197. The Morgan fingerprint density at radius 1 is 1.21 bits per heavy atom. The van der Waals surface area contributed by atoms with Gasteiger partial charge in [0.05, 0.1) is 30.5 Å². The van der Waals surface area contributed by atoms with Crippen LogP contribution in [0.25, 0.3) is 11.1 Å². The standard InChI is InChI=1S/C20H20N2O6/c1-4-27-16-8-6-5-7-14(16)21-18(23)12(2)22-15-10-9-13(19(24)26-3)11-17(15)28-20(22)25/h5-12H,4H2,1-3H3,(H,21,23). The lowest BCUT2D eigenvalue weighted by atomic mass is 10.2. The lowest BCUT2D eigenvalue weighted by molar-refractivity contribution is -0.118. The quantitative estimate of drug-likeness (QED) is 0.656. The lowest BCUT2D eigenvalue weighted by Gasteiger charge is -2.15. The Kier molecular flexibility index (Phi) is 5.49. The van der Waals surface area contributed by atoms with E-state index in [1.807, 2.05) is 6.92 Å². The molecule has 0 fully saturated rings. The van der Waals surface area contributed by atoms with Crippen molar-refractivity contribution in [1.82, 2.24) is 4.57 Å². The predicted octanol–water partition coefficient (Wildman–Crippen LogP) is 2.98. The summed E-state index contributed by atoms with van der Waals surface area (Å²) in [5.41, 5.74) is 1.36. The number of methoxy groups -OCH3 is 1. The van der Waals surface area contributed by atoms with E-state index in [1.165, 1.54) is 23.8 Å². The predicted molar refractivity (Wildman–Crippen MR) is 103 cm³/mol. The number of para-hydroxylation sites is 2. The molecule has 2 aromatic carbocycles. The van der Waals surface area contributed by atoms with Crippen molar-refractivity contribution in [3.63, 3.8) is 0 Å². The van der Waals surface area contributed by atoms with Gasteiger partial charge >= 0.3 is 11.7 Å². The molecule has 0 aliphatic heterocycles. The number of ether oxygens (including phenoxy) is 2. The molecule has 146 valence electrons. The average molecular weight is 384 g/mol. The second kappa shape index (κ2) is 7.99. The fourth-order valence-electron chi connectivity index (χ4n) is 2.85. The van der Waals surface area contributed by atoms with Crippen LogP contribution < -0.4 is 15.8 Å². The highest BCUT2D eigenvalue weighted by molar-refractivity contribution is 5.96. The maximum absolute atomic E-state index is 12.7. The maximum atomic E-state index is 12.7. The van der Waals surface area contributed by atoms with Crippen LogP contribution in [0, 0.1) is 0 Å². The number of nitrogens with zero attached hydrogens (tertiary/aromatic N) is 1. The van der Waals surface area contributed by atoms with Gasteiger partial charge in [0.2, 0.25) is 5.91 Å². The molecule has 8 heteroatoms. The molecule has 8 nitrogen and oxygen atoms in total. The van der Waals surface area contributed by atoms with Crippen molar-refractivity contribution in [2.45, 2.75) is 19.9 Å². The van der Waals surface area contributed by atoms with Gasteiger partial charge in [-0.3, -0.25) is 9.36 Å². The monoisotopic (exact) mass is 384 g/mol. The van der Waals surface area contributed by atoms with Crippen LogP contribution in [0.2, 0.25) is 0 Å². The molecule has 0 bridgehead atoms. The molecule has 1 heterocycles. The highest BCUT2D eigenvalue weighted by Gasteiger charge is 2.23. The van der Waals surface area contributed by atoms with Gasteiger partial charge in [-0.15, -0.1) is 0 Å². The normalized spacial score (nSPS) is 11.8. The lowest BCUT2D eigenvalue weighted by Crippen LogP contribution is -2.29. The summed E-state index contributed by atoms with van der Waals surface area (Å²) in [6, 6.07) is 10.7. The summed E-state index contributed by atoms with van der Waals surface area (Å²) in [7, 11) is 1.26. The Balaban J connectivity index is 1.92. The Morgan fingerprint density at radius 3 is 2.68 bits per heavy atom. The molecular weight excluding hydrogens is 364 g/mol. The third-order valence-electron chi connectivity index (χ3n) is 4.25. The maximum Gasteiger partial charge on any atom is 0.420 e. The number of rotatable bonds is 6. The van der Waals surface area contributed by atoms with Crippen molar-refractivity contribution >= 4 is 28.7 Å². The van der Waals surface area contributed by atoms with Gasteiger partial charge in [0.15, 0.2) is 5.58 Å². The van der Waals surface area contributed by atoms with Crippen LogP contribution >= 0.6 is 0 Å². The van der Waals surface area contributed by atoms with Crippen LogP contribution in [0.3, 0.4) is 0 Å². The minimum atomic E-state index is -0.854. The Bertz CT molecular complexity index is 1080. The highest BCUT2D eigenvalue weighted by atomic mass is 16.5. The molecule has 0 aliphatic rings. The second-order valence-corrected chi connectivity index (χ2v) is 6.01. The van der Waals surface area contributed by atoms with E-state index >= 15 is 0 Å². The summed E-state index contributed by atoms with van der Waals surface area (Å²) in [6.07, 6.45) is 0. The fourth-order valence-corrected chi connectivity index (χ4v) is 2.85. The van der Waals surface area contributed by atoms with E-state index in [4.69, 9.17) is 9.15 Å². The molecule has 0 spiro atoms. The van der Waals surface area contributed by atoms with Crippen molar-refractivity contribution in [3.05, 3.63) is 58.6 Å². The SMILES string of the molecule is CCOc1ccccc1NC(=O)C(C)n1c(=O)oc2cc(C(=O)OC)ccc21. The van der Waals surface area contributed by atoms with Crippen LogP contribution in [-0.2, 0) is 9.53 Å². The van der Waals surface area contributed by atoms with E-state index < -0.39 is 23.7 Å². The number of fused-ring (bicyclic) bond motifs is 1. The van der Waals surface area contributed by atoms with Gasteiger partial charge in [-0.1, -0.05) is 12.1 Å². The van der Waals surface area contributed by atoms with E-state index in [9.17, 15) is 14.4 Å². The summed E-state index contributed by atoms with van der Waals surface area (Å²) >= 11 is 0. The molecule has 1 N–H and O–H groups in total. The van der Waals surface area contributed by atoms with Gasteiger partial charge in [0, 0.05) is 0 Å². The average Bonchev–Trinajstić information content (AvgIpc) is 3.03. The van der Waals surface area contributed by atoms with Crippen molar-refractivity contribution in [2.75, 3.05) is 19.0 Å².